The van der Waals surface area contributed by atoms with Crippen molar-refractivity contribution in [3.05, 3.63) is 66.5 Å². The van der Waals surface area contributed by atoms with Gasteiger partial charge in [0.1, 0.15) is 5.75 Å². The second-order valence-corrected chi connectivity index (χ2v) is 7.44. The summed E-state index contributed by atoms with van der Waals surface area (Å²) in [5.74, 6) is 0.629. The van der Waals surface area contributed by atoms with Crippen LogP contribution >= 0.6 is 0 Å². The van der Waals surface area contributed by atoms with Crippen molar-refractivity contribution in [3.63, 3.8) is 0 Å². The van der Waals surface area contributed by atoms with Crippen molar-refractivity contribution in [1.82, 2.24) is 14.9 Å². The van der Waals surface area contributed by atoms with Crippen LogP contribution in [0.4, 0.5) is 20.4 Å². The van der Waals surface area contributed by atoms with E-state index in [1.165, 1.54) is 37.0 Å². The smallest absolute Gasteiger partial charge is 0.387 e. The Morgan fingerprint density at radius 3 is 2.27 bits per heavy atom. The van der Waals surface area contributed by atoms with Crippen molar-refractivity contribution in [2.24, 2.45) is 0 Å². The van der Waals surface area contributed by atoms with Crippen LogP contribution in [-0.4, -0.2) is 40.7 Å². The van der Waals surface area contributed by atoms with Gasteiger partial charge in [0.15, 0.2) is 0 Å². The highest BCUT2D eigenvalue weighted by molar-refractivity contribution is 5.63. The van der Waals surface area contributed by atoms with Crippen LogP contribution in [0.25, 0.3) is 11.1 Å². The molecule has 1 fully saturated rings. The molecule has 172 valence electrons. The summed E-state index contributed by atoms with van der Waals surface area (Å²) in [6.45, 7) is 0.457. The van der Waals surface area contributed by atoms with E-state index in [2.05, 4.69) is 37.1 Å². The van der Waals surface area contributed by atoms with Gasteiger partial charge in [-0.05, 0) is 61.3 Å². The molecule has 0 saturated carbocycles. The van der Waals surface area contributed by atoms with Gasteiger partial charge in [0.2, 0.25) is 5.95 Å². The van der Waals surface area contributed by atoms with Crippen LogP contribution in [0.2, 0.25) is 0 Å². The Morgan fingerprint density at radius 2 is 1.64 bits per heavy atom. The van der Waals surface area contributed by atoms with Gasteiger partial charge in [-0.3, -0.25) is 4.90 Å². The fraction of sp³-hybridized carbons (Fsp3) is 0.292. The number of ether oxygens (including phenoxy) is 1. The van der Waals surface area contributed by atoms with Gasteiger partial charge in [-0.1, -0.05) is 30.7 Å². The molecule has 0 unspecified atom stereocenters. The first-order valence-corrected chi connectivity index (χ1v) is 10.5. The zero-order valence-corrected chi connectivity index (χ0v) is 17.9. The fourth-order valence-corrected chi connectivity index (χ4v) is 3.62. The highest BCUT2D eigenvalue weighted by atomic mass is 19.3. The molecule has 0 radical (unpaired) electrons. The largest absolute Gasteiger partial charge is 0.435 e. The number of rotatable bonds is 7. The number of aromatic nitrogens is 2. The van der Waals surface area contributed by atoms with Crippen LogP contribution in [0, 0.1) is 0 Å². The van der Waals surface area contributed by atoms with E-state index in [9.17, 15) is 8.78 Å². The Labute approximate surface area is 190 Å². The van der Waals surface area contributed by atoms with Gasteiger partial charge in [-0.15, -0.1) is 0 Å². The number of benzene rings is 2. The SMILES string of the molecule is FC(F)Oc1ccc(-c2cnc(Nc3cccc(CN4CCCCC4)c3)nc2)cc1.O=C=O. The van der Waals surface area contributed by atoms with Gasteiger partial charge in [0.05, 0.1) is 0 Å². The molecule has 1 saturated heterocycles. The van der Waals surface area contributed by atoms with Crippen molar-refractivity contribution in [2.75, 3.05) is 18.4 Å². The maximum atomic E-state index is 12.3. The number of nitrogens with zero attached hydrogens (tertiary/aromatic N) is 3. The summed E-state index contributed by atoms with van der Waals surface area (Å²) in [5.41, 5.74) is 3.84. The van der Waals surface area contributed by atoms with Crippen molar-refractivity contribution in [1.29, 1.82) is 0 Å². The Balaban J connectivity index is 0.000000968. The molecule has 2 heterocycles. The van der Waals surface area contributed by atoms with E-state index in [1.807, 2.05) is 12.1 Å². The molecule has 0 bridgehead atoms. The standard InChI is InChI=1S/C23H24F2N4O.CO2/c24-22(25)30-21-9-7-18(8-10-21)19-14-26-23(27-15-19)28-20-6-4-5-17(13-20)16-29-11-2-1-3-12-29;2-1-3/h4-10,13-15,22H,1-3,11-12,16H2,(H,26,27,28);. The molecule has 1 aromatic heterocycles. The normalized spacial score (nSPS) is 13.5. The van der Waals surface area contributed by atoms with Gasteiger partial charge < -0.3 is 10.1 Å². The van der Waals surface area contributed by atoms with E-state index < -0.39 is 6.61 Å². The minimum absolute atomic E-state index is 0.123. The molecular formula is C24H24F2N4O3. The summed E-state index contributed by atoms with van der Waals surface area (Å²) in [5, 5.41) is 3.25. The molecule has 4 rings (SSSR count). The Bertz CT molecular complexity index is 1030. The average Bonchev–Trinajstić information content (AvgIpc) is 2.81. The number of alkyl halides is 2. The van der Waals surface area contributed by atoms with Crippen LogP contribution in [0.15, 0.2) is 60.9 Å². The lowest BCUT2D eigenvalue weighted by Gasteiger charge is -2.26. The number of nitrogens with one attached hydrogen (secondary N) is 1. The van der Waals surface area contributed by atoms with Crippen molar-refractivity contribution in [2.45, 2.75) is 32.4 Å². The fourth-order valence-electron chi connectivity index (χ4n) is 3.62. The Morgan fingerprint density at radius 1 is 0.970 bits per heavy atom. The summed E-state index contributed by atoms with van der Waals surface area (Å²) in [6.07, 6.45) is 7.55. The molecule has 9 heteroatoms. The van der Waals surface area contributed by atoms with E-state index in [-0.39, 0.29) is 11.9 Å². The van der Waals surface area contributed by atoms with Gasteiger partial charge in [0, 0.05) is 30.2 Å². The predicted molar refractivity (Wildman–Crippen MR) is 118 cm³/mol. The monoisotopic (exact) mass is 454 g/mol. The van der Waals surface area contributed by atoms with E-state index >= 15 is 0 Å². The maximum absolute atomic E-state index is 12.3. The minimum Gasteiger partial charge on any atom is -0.435 e. The second kappa shape index (κ2) is 12.4. The zero-order chi connectivity index (χ0) is 23.5. The lowest BCUT2D eigenvalue weighted by molar-refractivity contribution is -0.191. The number of likely N-dealkylation sites (tertiary alicyclic amines) is 1. The molecule has 0 aliphatic carbocycles. The molecule has 1 aliphatic rings. The van der Waals surface area contributed by atoms with Crippen LogP contribution in [-0.2, 0) is 16.1 Å². The summed E-state index contributed by atoms with van der Waals surface area (Å²) in [4.78, 5) is 27.5. The van der Waals surface area contributed by atoms with E-state index in [4.69, 9.17) is 9.59 Å². The highest BCUT2D eigenvalue weighted by Gasteiger charge is 2.11. The topological polar surface area (TPSA) is 84.4 Å². The molecule has 33 heavy (non-hydrogen) atoms. The summed E-state index contributed by atoms with van der Waals surface area (Å²) >= 11 is 0. The van der Waals surface area contributed by atoms with Crippen LogP contribution in [0.5, 0.6) is 5.75 Å². The number of carbonyl (C=O) groups excluding carboxylic acids is 2. The molecule has 2 aromatic carbocycles. The third-order valence-electron chi connectivity index (χ3n) is 5.10. The quantitative estimate of drug-likeness (QED) is 0.544. The summed E-state index contributed by atoms with van der Waals surface area (Å²) in [7, 11) is 0. The maximum Gasteiger partial charge on any atom is 0.387 e. The van der Waals surface area contributed by atoms with Crippen molar-refractivity contribution in [3.8, 4) is 16.9 Å². The summed E-state index contributed by atoms with van der Waals surface area (Å²) < 4.78 is 28.9. The Hall–Kier alpha value is -3.68. The van der Waals surface area contributed by atoms with Gasteiger partial charge in [-0.25, -0.2) is 9.97 Å². The van der Waals surface area contributed by atoms with E-state index in [1.54, 1.807) is 24.5 Å². The lowest BCUT2D eigenvalue weighted by Crippen LogP contribution is -2.29. The molecule has 3 aromatic rings. The average molecular weight is 454 g/mol. The van der Waals surface area contributed by atoms with Gasteiger partial charge in [0.25, 0.3) is 0 Å². The number of piperidine rings is 1. The highest BCUT2D eigenvalue weighted by Crippen LogP contribution is 2.23. The molecule has 7 nitrogen and oxygen atoms in total. The molecule has 1 N–H and O–H groups in total. The number of halogens is 2. The predicted octanol–water partition coefficient (Wildman–Crippen LogP) is 4.89. The van der Waals surface area contributed by atoms with Gasteiger partial charge in [-0.2, -0.15) is 18.4 Å². The van der Waals surface area contributed by atoms with Crippen LogP contribution in [0.3, 0.4) is 0 Å². The third kappa shape index (κ3) is 7.75. The second-order valence-electron chi connectivity index (χ2n) is 7.44. The molecular weight excluding hydrogens is 430 g/mol. The number of anilines is 2. The zero-order valence-electron chi connectivity index (χ0n) is 17.9. The first kappa shape index (κ1) is 24.0. The van der Waals surface area contributed by atoms with Crippen molar-refractivity contribution >= 4 is 17.8 Å². The van der Waals surface area contributed by atoms with E-state index in [0.29, 0.717) is 5.95 Å². The first-order chi connectivity index (χ1) is 16.1. The molecule has 0 spiro atoms. The summed E-state index contributed by atoms with van der Waals surface area (Å²) in [6, 6.07) is 14.7. The van der Waals surface area contributed by atoms with Crippen molar-refractivity contribution < 1.29 is 23.1 Å². The first-order valence-electron chi connectivity index (χ1n) is 10.5. The minimum atomic E-state index is -2.83. The molecule has 0 amide bonds. The number of hydrogen-bond acceptors (Lipinski definition) is 7. The molecule has 0 atom stereocenters. The van der Waals surface area contributed by atoms with Gasteiger partial charge >= 0.3 is 12.8 Å². The van der Waals surface area contributed by atoms with Crippen LogP contribution < -0.4 is 10.1 Å². The lowest BCUT2D eigenvalue weighted by atomic mass is 10.1. The van der Waals surface area contributed by atoms with E-state index in [0.717, 1.165) is 36.4 Å². The third-order valence-corrected chi connectivity index (χ3v) is 5.10. The molecule has 1 aliphatic heterocycles. The van der Waals surface area contributed by atoms with Crippen LogP contribution in [0.1, 0.15) is 24.8 Å². The Kier molecular flexibility index (Phi) is 8.99. The number of hydrogen-bond donors (Lipinski definition) is 1.